The topological polar surface area (TPSA) is 33.5 Å². The van der Waals surface area contributed by atoms with Crippen LogP contribution in [0.25, 0.3) is 10.8 Å². The van der Waals surface area contributed by atoms with E-state index in [1.54, 1.807) is 24.9 Å². The summed E-state index contributed by atoms with van der Waals surface area (Å²) in [5, 5.41) is 2.28. The smallest absolute Gasteiger partial charge is 0.261 e. The second-order valence-electron chi connectivity index (χ2n) is 4.79. The summed E-state index contributed by atoms with van der Waals surface area (Å²) in [7, 11) is 1.78. The van der Waals surface area contributed by atoms with Crippen molar-refractivity contribution in [2.24, 2.45) is 0 Å². The normalized spacial score (nSPS) is 10.7. The lowest BCUT2D eigenvalue weighted by atomic mass is 10.1. The van der Waals surface area contributed by atoms with E-state index in [9.17, 15) is 4.79 Å². The quantitative estimate of drug-likeness (QED) is 0.701. The van der Waals surface area contributed by atoms with E-state index in [0.29, 0.717) is 11.3 Å². The largest absolute Gasteiger partial charge is 0.469 e. The first-order chi connectivity index (χ1) is 9.66. The number of amides is 1. The molecule has 0 bridgehead atoms. The number of anilines is 1. The molecule has 0 spiro atoms. The first-order valence-corrected chi connectivity index (χ1v) is 6.48. The molecule has 0 radical (unpaired) electrons. The maximum Gasteiger partial charge on any atom is 0.261 e. The molecular weight excluding hydrogens is 250 g/mol. The van der Waals surface area contributed by atoms with E-state index in [-0.39, 0.29) is 5.91 Å². The summed E-state index contributed by atoms with van der Waals surface area (Å²) in [5.41, 5.74) is 1.47. The molecule has 0 fully saturated rings. The lowest BCUT2D eigenvalue weighted by Crippen LogP contribution is -2.26. The van der Waals surface area contributed by atoms with Gasteiger partial charge in [0.1, 0.15) is 5.76 Å². The third-order valence-electron chi connectivity index (χ3n) is 3.51. The van der Waals surface area contributed by atoms with E-state index in [2.05, 4.69) is 6.07 Å². The maximum absolute atomic E-state index is 12.4. The molecule has 0 saturated heterocycles. The Bertz CT molecular complexity index is 773. The first-order valence-electron chi connectivity index (χ1n) is 6.48. The third-order valence-corrected chi connectivity index (χ3v) is 3.51. The number of nitrogens with zero attached hydrogens (tertiary/aromatic N) is 1. The predicted octanol–water partition coefficient (Wildman–Crippen LogP) is 4.02. The van der Waals surface area contributed by atoms with E-state index in [0.717, 1.165) is 16.5 Å². The number of carbonyl (C=O) groups is 1. The number of furan rings is 1. The van der Waals surface area contributed by atoms with Crippen molar-refractivity contribution in [2.75, 3.05) is 11.9 Å². The van der Waals surface area contributed by atoms with Crippen LogP contribution in [0.1, 0.15) is 16.1 Å². The highest BCUT2D eigenvalue weighted by Gasteiger charge is 2.17. The van der Waals surface area contributed by atoms with Gasteiger partial charge in [-0.05, 0) is 35.9 Å². The van der Waals surface area contributed by atoms with Crippen LogP contribution >= 0.6 is 0 Å². The molecular formula is C17H15NO2. The van der Waals surface area contributed by atoms with Crippen molar-refractivity contribution < 1.29 is 9.21 Å². The van der Waals surface area contributed by atoms with E-state index in [4.69, 9.17) is 4.42 Å². The summed E-state index contributed by atoms with van der Waals surface area (Å²) in [4.78, 5) is 14.1. The molecule has 0 saturated carbocycles. The van der Waals surface area contributed by atoms with Gasteiger partial charge >= 0.3 is 0 Å². The highest BCUT2D eigenvalue weighted by molar-refractivity contribution is 6.07. The molecule has 0 N–H and O–H groups in total. The molecule has 1 amide bonds. The highest BCUT2D eigenvalue weighted by atomic mass is 16.3. The number of rotatable bonds is 2. The van der Waals surface area contributed by atoms with E-state index >= 15 is 0 Å². The number of carbonyl (C=O) groups excluding carboxylic acids is 1. The second kappa shape index (κ2) is 4.85. The molecule has 3 aromatic rings. The van der Waals surface area contributed by atoms with E-state index in [1.165, 1.54) is 6.26 Å². The van der Waals surface area contributed by atoms with Gasteiger partial charge in [0.05, 0.1) is 11.8 Å². The number of aryl methyl sites for hydroxylation is 1. The lowest BCUT2D eigenvalue weighted by molar-refractivity contribution is 0.0991. The van der Waals surface area contributed by atoms with Crippen LogP contribution < -0.4 is 4.90 Å². The van der Waals surface area contributed by atoms with Crippen LogP contribution in [0, 0.1) is 6.92 Å². The van der Waals surface area contributed by atoms with Crippen LogP contribution in [0.15, 0.2) is 59.2 Å². The number of hydrogen-bond acceptors (Lipinski definition) is 2. The van der Waals surface area contributed by atoms with Crippen molar-refractivity contribution in [3.8, 4) is 0 Å². The van der Waals surface area contributed by atoms with Gasteiger partial charge in [-0.2, -0.15) is 0 Å². The van der Waals surface area contributed by atoms with E-state index in [1.807, 2.05) is 36.4 Å². The summed E-state index contributed by atoms with van der Waals surface area (Å²) < 4.78 is 5.19. The van der Waals surface area contributed by atoms with E-state index < -0.39 is 0 Å². The molecule has 0 aliphatic rings. The van der Waals surface area contributed by atoms with Crippen molar-refractivity contribution >= 4 is 22.4 Å². The second-order valence-corrected chi connectivity index (χ2v) is 4.79. The van der Waals surface area contributed by atoms with Crippen LogP contribution in [-0.4, -0.2) is 13.0 Å². The van der Waals surface area contributed by atoms with Crippen LogP contribution in [0.5, 0.6) is 0 Å². The minimum atomic E-state index is -0.0634. The van der Waals surface area contributed by atoms with Gasteiger partial charge in [-0.25, -0.2) is 0 Å². The molecule has 100 valence electrons. The zero-order valence-corrected chi connectivity index (χ0v) is 11.5. The van der Waals surface area contributed by atoms with Crippen LogP contribution in [0.2, 0.25) is 0 Å². The molecule has 3 nitrogen and oxygen atoms in total. The first kappa shape index (κ1) is 12.5. The maximum atomic E-state index is 12.4. The standard InChI is InChI=1S/C17H15NO2/c1-12-16(9-10-20-12)17(19)18(2)15-8-7-13-5-3-4-6-14(13)11-15/h3-11H,1-2H3. The zero-order chi connectivity index (χ0) is 14.1. The van der Waals surface area contributed by atoms with Crippen molar-refractivity contribution in [1.82, 2.24) is 0 Å². The highest BCUT2D eigenvalue weighted by Crippen LogP contribution is 2.23. The Morgan fingerprint density at radius 3 is 2.50 bits per heavy atom. The Morgan fingerprint density at radius 2 is 1.80 bits per heavy atom. The van der Waals surface area contributed by atoms with Gasteiger partial charge in [-0.15, -0.1) is 0 Å². The van der Waals surface area contributed by atoms with Crippen molar-refractivity contribution in [2.45, 2.75) is 6.92 Å². The Hall–Kier alpha value is -2.55. The summed E-state index contributed by atoms with van der Waals surface area (Å²) in [6.07, 6.45) is 1.54. The monoisotopic (exact) mass is 265 g/mol. The fraction of sp³-hybridized carbons (Fsp3) is 0.118. The molecule has 1 heterocycles. The Balaban J connectivity index is 1.98. The molecule has 3 heteroatoms. The predicted molar refractivity (Wildman–Crippen MR) is 80.1 cm³/mol. The Labute approximate surface area is 117 Å². The average molecular weight is 265 g/mol. The number of fused-ring (bicyclic) bond motifs is 1. The Kier molecular flexibility index (Phi) is 3.03. The molecule has 0 aliphatic carbocycles. The zero-order valence-electron chi connectivity index (χ0n) is 11.5. The molecule has 1 aromatic heterocycles. The number of hydrogen-bond donors (Lipinski definition) is 0. The van der Waals surface area contributed by atoms with Gasteiger partial charge in [0.2, 0.25) is 0 Å². The molecule has 20 heavy (non-hydrogen) atoms. The minimum Gasteiger partial charge on any atom is -0.469 e. The van der Waals surface area contributed by atoms with Crippen LogP contribution in [0.4, 0.5) is 5.69 Å². The summed E-state index contributed by atoms with van der Waals surface area (Å²) >= 11 is 0. The van der Waals surface area contributed by atoms with Gasteiger partial charge in [0.15, 0.2) is 0 Å². The lowest BCUT2D eigenvalue weighted by Gasteiger charge is -2.17. The number of benzene rings is 2. The van der Waals surface area contributed by atoms with Gasteiger partial charge in [0.25, 0.3) is 5.91 Å². The Morgan fingerprint density at radius 1 is 1.05 bits per heavy atom. The molecule has 3 rings (SSSR count). The van der Waals surface area contributed by atoms with Gasteiger partial charge in [0, 0.05) is 12.7 Å². The summed E-state index contributed by atoms with van der Waals surface area (Å²) in [6, 6.07) is 15.8. The van der Waals surface area contributed by atoms with Crippen molar-refractivity contribution in [1.29, 1.82) is 0 Å². The molecule has 2 aromatic carbocycles. The van der Waals surface area contributed by atoms with Gasteiger partial charge < -0.3 is 9.32 Å². The van der Waals surface area contributed by atoms with Crippen molar-refractivity contribution in [3.63, 3.8) is 0 Å². The fourth-order valence-electron chi connectivity index (χ4n) is 2.29. The van der Waals surface area contributed by atoms with Crippen LogP contribution in [-0.2, 0) is 0 Å². The summed E-state index contributed by atoms with van der Waals surface area (Å²) in [5.74, 6) is 0.578. The summed E-state index contributed by atoms with van der Waals surface area (Å²) in [6.45, 7) is 1.79. The van der Waals surface area contributed by atoms with Crippen LogP contribution in [0.3, 0.4) is 0 Å². The van der Waals surface area contributed by atoms with Gasteiger partial charge in [-0.1, -0.05) is 30.3 Å². The molecule has 0 atom stereocenters. The molecule has 0 unspecified atom stereocenters. The van der Waals surface area contributed by atoms with Gasteiger partial charge in [-0.3, -0.25) is 4.79 Å². The van der Waals surface area contributed by atoms with Crippen molar-refractivity contribution in [3.05, 3.63) is 66.1 Å². The minimum absolute atomic E-state index is 0.0634. The third kappa shape index (κ3) is 2.07. The molecule has 0 aliphatic heterocycles. The SMILES string of the molecule is Cc1occc1C(=O)N(C)c1ccc2ccccc2c1. The fourth-order valence-corrected chi connectivity index (χ4v) is 2.29. The average Bonchev–Trinajstić information content (AvgIpc) is 2.91.